The zero-order valence-electron chi connectivity index (χ0n) is 12.6. The molecule has 1 aromatic rings. The third-order valence-electron chi connectivity index (χ3n) is 3.95. The number of carbonyl (C=O) groups is 2. The van der Waals surface area contributed by atoms with Crippen molar-refractivity contribution in [3.05, 3.63) is 38.9 Å². The molecule has 7 nitrogen and oxygen atoms in total. The number of carboxylic acids is 1. The van der Waals surface area contributed by atoms with Crippen LogP contribution >= 0.6 is 11.6 Å². The van der Waals surface area contributed by atoms with Crippen LogP contribution in [0.15, 0.2) is 18.2 Å². The molecule has 124 valence electrons. The van der Waals surface area contributed by atoms with Gasteiger partial charge in [0.1, 0.15) is 0 Å². The molecule has 8 heteroatoms. The maximum Gasteiger partial charge on any atom is 0.308 e. The number of halogens is 1. The van der Waals surface area contributed by atoms with Crippen LogP contribution in [0.3, 0.4) is 0 Å². The van der Waals surface area contributed by atoms with E-state index in [4.69, 9.17) is 16.7 Å². The smallest absolute Gasteiger partial charge is 0.308 e. The number of rotatable bonds is 4. The number of benzene rings is 1. The molecular weight excluding hydrogens is 324 g/mol. The van der Waals surface area contributed by atoms with Crippen LogP contribution < -0.4 is 0 Å². The second kappa shape index (κ2) is 6.95. The Hall–Kier alpha value is -2.15. The molecule has 1 heterocycles. The largest absolute Gasteiger partial charge is 0.481 e. The first-order chi connectivity index (χ1) is 10.8. The van der Waals surface area contributed by atoms with Gasteiger partial charge in [0.2, 0.25) is 5.91 Å². The standard InChI is InChI=1S/C15H17ClN2O5/c1-9-4-11(15(20)21)8-17(7-9)14(19)5-10-2-3-12(18(22)23)6-13(10)16/h2-3,6,9,11H,4-5,7-8H2,1H3,(H,20,21). The molecule has 0 aliphatic carbocycles. The predicted octanol–water partition coefficient (Wildman–Crippen LogP) is 2.36. The molecule has 1 amide bonds. The molecular formula is C15H17ClN2O5. The number of nitro benzene ring substituents is 1. The topological polar surface area (TPSA) is 101 Å². The molecule has 23 heavy (non-hydrogen) atoms. The Morgan fingerprint density at radius 2 is 2.13 bits per heavy atom. The fourth-order valence-electron chi connectivity index (χ4n) is 2.80. The van der Waals surface area contributed by atoms with Crippen LogP contribution in [0, 0.1) is 22.0 Å². The molecule has 2 unspecified atom stereocenters. The Balaban J connectivity index is 2.09. The number of non-ortho nitro benzene ring substituents is 1. The second-order valence-corrected chi connectivity index (χ2v) is 6.29. The average Bonchev–Trinajstić information content (AvgIpc) is 2.48. The normalized spacial score (nSPS) is 21.0. The highest BCUT2D eigenvalue weighted by molar-refractivity contribution is 6.31. The van der Waals surface area contributed by atoms with E-state index in [-0.39, 0.29) is 35.5 Å². The number of piperidine rings is 1. The summed E-state index contributed by atoms with van der Waals surface area (Å²) in [6.07, 6.45) is 0.549. The van der Waals surface area contributed by atoms with E-state index in [9.17, 15) is 19.7 Å². The molecule has 1 fully saturated rings. The molecule has 0 spiro atoms. The van der Waals surface area contributed by atoms with Crippen molar-refractivity contribution >= 4 is 29.2 Å². The molecule has 1 aliphatic heterocycles. The number of hydrogen-bond donors (Lipinski definition) is 1. The Labute approximate surface area is 138 Å². The van der Waals surface area contributed by atoms with Gasteiger partial charge in [-0.15, -0.1) is 0 Å². The molecule has 1 saturated heterocycles. The van der Waals surface area contributed by atoms with Crippen LogP contribution in [0.5, 0.6) is 0 Å². The molecule has 1 aromatic carbocycles. The van der Waals surface area contributed by atoms with Crippen molar-refractivity contribution in [1.82, 2.24) is 4.90 Å². The molecule has 2 atom stereocenters. The van der Waals surface area contributed by atoms with Crippen molar-refractivity contribution in [1.29, 1.82) is 0 Å². The van der Waals surface area contributed by atoms with E-state index in [0.717, 1.165) is 0 Å². The number of hydrogen-bond acceptors (Lipinski definition) is 4. The number of nitro groups is 1. The fraction of sp³-hybridized carbons (Fsp3) is 0.467. The van der Waals surface area contributed by atoms with Gasteiger partial charge >= 0.3 is 5.97 Å². The maximum absolute atomic E-state index is 12.4. The number of nitrogens with zero attached hydrogens (tertiary/aromatic N) is 2. The van der Waals surface area contributed by atoms with Crippen LogP contribution in [0.4, 0.5) is 5.69 Å². The SMILES string of the molecule is CC1CC(C(=O)O)CN(C(=O)Cc2ccc([N+](=O)[O-])cc2Cl)C1. The van der Waals surface area contributed by atoms with E-state index >= 15 is 0 Å². The van der Waals surface area contributed by atoms with Gasteiger partial charge in [0.15, 0.2) is 0 Å². The Morgan fingerprint density at radius 1 is 1.43 bits per heavy atom. The van der Waals surface area contributed by atoms with Gasteiger partial charge < -0.3 is 10.0 Å². The number of likely N-dealkylation sites (tertiary alicyclic amines) is 1. The first kappa shape index (κ1) is 17.2. The minimum atomic E-state index is -0.900. The maximum atomic E-state index is 12.4. The number of carbonyl (C=O) groups excluding carboxylic acids is 1. The first-order valence-electron chi connectivity index (χ1n) is 7.21. The van der Waals surface area contributed by atoms with Gasteiger partial charge in [0.25, 0.3) is 5.69 Å². The fourth-order valence-corrected chi connectivity index (χ4v) is 3.04. The monoisotopic (exact) mass is 340 g/mol. The Kier molecular flexibility index (Phi) is 5.20. The van der Waals surface area contributed by atoms with Gasteiger partial charge in [0.05, 0.1) is 22.3 Å². The summed E-state index contributed by atoms with van der Waals surface area (Å²) < 4.78 is 0. The van der Waals surface area contributed by atoms with Crippen LogP contribution in [0.25, 0.3) is 0 Å². The molecule has 2 rings (SSSR count). The van der Waals surface area contributed by atoms with E-state index in [1.54, 1.807) is 0 Å². The highest BCUT2D eigenvalue weighted by atomic mass is 35.5. The lowest BCUT2D eigenvalue weighted by atomic mass is 9.90. The molecule has 0 radical (unpaired) electrons. The lowest BCUT2D eigenvalue weighted by Gasteiger charge is -2.34. The number of carboxylic acid groups (broad SMARTS) is 1. The summed E-state index contributed by atoms with van der Waals surface area (Å²) in [4.78, 5) is 35.2. The van der Waals surface area contributed by atoms with Gasteiger partial charge in [-0.3, -0.25) is 19.7 Å². The third kappa shape index (κ3) is 4.19. The highest BCUT2D eigenvalue weighted by Crippen LogP contribution is 2.25. The molecule has 0 saturated carbocycles. The van der Waals surface area contributed by atoms with Crippen LogP contribution in [-0.4, -0.2) is 39.9 Å². The van der Waals surface area contributed by atoms with Crippen molar-refractivity contribution in [2.24, 2.45) is 11.8 Å². The minimum absolute atomic E-state index is 0.00408. The van der Waals surface area contributed by atoms with Crippen LogP contribution in [-0.2, 0) is 16.0 Å². The van der Waals surface area contributed by atoms with E-state index in [0.29, 0.717) is 18.5 Å². The van der Waals surface area contributed by atoms with Gasteiger partial charge in [0, 0.05) is 25.2 Å². The van der Waals surface area contributed by atoms with Gasteiger partial charge in [-0.1, -0.05) is 24.6 Å². The number of aliphatic carboxylic acids is 1. The van der Waals surface area contributed by atoms with E-state index in [1.165, 1.54) is 23.1 Å². The highest BCUT2D eigenvalue weighted by Gasteiger charge is 2.32. The number of amides is 1. The summed E-state index contributed by atoms with van der Waals surface area (Å²) in [6, 6.07) is 3.97. The third-order valence-corrected chi connectivity index (χ3v) is 4.30. The second-order valence-electron chi connectivity index (χ2n) is 5.88. The van der Waals surface area contributed by atoms with Gasteiger partial charge in [-0.2, -0.15) is 0 Å². The Bertz CT molecular complexity index is 649. The van der Waals surface area contributed by atoms with Crippen molar-refractivity contribution < 1.29 is 19.6 Å². The summed E-state index contributed by atoms with van der Waals surface area (Å²) in [5.74, 6) is -1.57. The van der Waals surface area contributed by atoms with E-state index in [1.807, 2.05) is 6.92 Å². The predicted molar refractivity (Wildman–Crippen MR) is 83.3 cm³/mol. The van der Waals surface area contributed by atoms with E-state index in [2.05, 4.69) is 0 Å². The molecule has 0 aromatic heterocycles. The molecule has 1 aliphatic rings. The lowest BCUT2D eigenvalue weighted by molar-refractivity contribution is -0.384. The van der Waals surface area contributed by atoms with Crippen molar-refractivity contribution in [2.45, 2.75) is 19.8 Å². The van der Waals surface area contributed by atoms with Crippen molar-refractivity contribution in [3.8, 4) is 0 Å². The minimum Gasteiger partial charge on any atom is -0.481 e. The zero-order valence-corrected chi connectivity index (χ0v) is 13.3. The summed E-state index contributed by atoms with van der Waals surface area (Å²) in [5, 5.41) is 20.0. The molecule has 1 N–H and O–H groups in total. The van der Waals surface area contributed by atoms with Gasteiger partial charge in [-0.25, -0.2) is 0 Å². The van der Waals surface area contributed by atoms with Gasteiger partial charge in [-0.05, 0) is 17.9 Å². The first-order valence-corrected chi connectivity index (χ1v) is 7.59. The van der Waals surface area contributed by atoms with Crippen LogP contribution in [0.1, 0.15) is 18.9 Å². The molecule has 0 bridgehead atoms. The lowest BCUT2D eigenvalue weighted by Crippen LogP contribution is -2.46. The summed E-state index contributed by atoms with van der Waals surface area (Å²) in [7, 11) is 0. The summed E-state index contributed by atoms with van der Waals surface area (Å²) in [5.41, 5.74) is 0.358. The summed E-state index contributed by atoms with van der Waals surface area (Å²) >= 11 is 5.99. The van der Waals surface area contributed by atoms with Crippen molar-refractivity contribution in [2.75, 3.05) is 13.1 Å². The van der Waals surface area contributed by atoms with Crippen molar-refractivity contribution in [3.63, 3.8) is 0 Å². The Morgan fingerprint density at radius 3 is 2.70 bits per heavy atom. The summed E-state index contributed by atoms with van der Waals surface area (Å²) in [6.45, 7) is 2.60. The quantitative estimate of drug-likeness (QED) is 0.669. The van der Waals surface area contributed by atoms with E-state index < -0.39 is 16.8 Å². The average molecular weight is 341 g/mol. The van der Waals surface area contributed by atoms with Crippen LogP contribution in [0.2, 0.25) is 5.02 Å². The zero-order chi connectivity index (χ0) is 17.1.